The van der Waals surface area contributed by atoms with Crippen molar-refractivity contribution in [2.24, 2.45) is 0 Å². The van der Waals surface area contributed by atoms with Crippen molar-refractivity contribution >= 4 is 20.9 Å². The molecule has 39 heavy (non-hydrogen) atoms. The monoisotopic (exact) mass is 582 g/mol. The first-order chi connectivity index (χ1) is 18.5. The Bertz CT molecular complexity index is 1000. The number of hydrogen-bond donors (Lipinski definition) is 0. The van der Waals surface area contributed by atoms with Crippen molar-refractivity contribution < 1.29 is 64.4 Å². The van der Waals surface area contributed by atoms with Crippen molar-refractivity contribution in [2.75, 3.05) is 0 Å². The van der Waals surface area contributed by atoms with E-state index in [4.69, 9.17) is 0 Å². The van der Waals surface area contributed by atoms with Gasteiger partial charge in [0.2, 0.25) is 0 Å². The standard InChI is InChI=1S/C34H56O3S.K/c1-3-5-7-9-11-13-15-17-19-21-23-30-25-27-32-33(29-30)31(26-28-34(32)38(35,36)37)24-22-20-18-16-14-12-10-8-6-4-2;/h25-29H,3-24H2,1-2H3,(H,35,36,37);/q;+1/p-1. The quantitative estimate of drug-likeness (QED) is 0.0767. The molecule has 0 bridgehead atoms. The van der Waals surface area contributed by atoms with Gasteiger partial charge in [-0.2, -0.15) is 0 Å². The van der Waals surface area contributed by atoms with Crippen LogP contribution in [0.25, 0.3) is 10.8 Å². The molecule has 0 atom stereocenters. The minimum atomic E-state index is -4.49. The summed E-state index contributed by atoms with van der Waals surface area (Å²) in [7, 11) is -4.49. The minimum absolute atomic E-state index is 0. The molecule has 0 saturated heterocycles. The van der Waals surface area contributed by atoms with Gasteiger partial charge in [0.25, 0.3) is 0 Å². The second-order valence-electron chi connectivity index (χ2n) is 11.4. The SMILES string of the molecule is CCCCCCCCCCCCc1ccc2c(S(=O)(=O)[O-])ccc(CCCCCCCCCCCC)c2c1.[K+]. The zero-order chi connectivity index (χ0) is 27.5. The van der Waals surface area contributed by atoms with Gasteiger partial charge in [0.05, 0.1) is 4.90 Å². The summed E-state index contributed by atoms with van der Waals surface area (Å²) in [4.78, 5) is -0.0789. The molecule has 0 unspecified atom stereocenters. The maximum absolute atomic E-state index is 11.9. The second kappa shape index (κ2) is 22.8. The zero-order valence-electron chi connectivity index (χ0n) is 25.6. The fourth-order valence-electron chi connectivity index (χ4n) is 5.64. The molecule has 0 aliphatic heterocycles. The Morgan fingerprint density at radius 3 is 1.44 bits per heavy atom. The van der Waals surface area contributed by atoms with Gasteiger partial charge in [-0.1, -0.05) is 154 Å². The second-order valence-corrected chi connectivity index (χ2v) is 12.8. The molecule has 0 fully saturated rings. The Labute approximate surface area is 283 Å². The first kappa shape index (κ1) is 37.3. The van der Waals surface area contributed by atoms with Gasteiger partial charge in [-0.05, 0) is 53.6 Å². The number of fused-ring (bicyclic) bond motifs is 1. The van der Waals surface area contributed by atoms with E-state index in [1.807, 2.05) is 18.2 Å². The fraction of sp³-hybridized carbons (Fsp3) is 0.706. The van der Waals surface area contributed by atoms with Gasteiger partial charge in [0.1, 0.15) is 10.1 Å². The molecule has 216 valence electrons. The molecule has 0 spiro atoms. The largest absolute Gasteiger partial charge is 1.00 e. The van der Waals surface area contributed by atoms with E-state index in [0.29, 0.717) is 5.39 Å². The normalized spacial score (nSPS) is 11.7. The van der Waals surface area contributed by atoms with E-state index in [9.17, 15) is 13.0 Å². The van der Waals surface area contributed by atoms with E-state index in [-0.39, 0.29) is 56.3 Å². The Morgan fingerprint density at radius 1 is 0.538 bits per heavy atom. The van der Waals surface area contributed by atoms with Gasteiger partial charge in [0.15, 0.2) is 0 Å². The van der Waals surface area contributed by atoms with Crippen LogP contribution in [0.1, 0.15) is 153 Å². The molecular weight excluding hydrogens is 528 g/mol. The average molecular weight is 583 g/mol. The van der Waals surface area contributed by atoms with Crippen LogP contribution < -0.4 is 51.4 Å². The summed E-state index contributed by atoms with van der Waals surface area (Å²) in [6.45, 7) is 4.52. The molecular formula is C34H55KO3S. The van der Waals surface area contributed by atoms with Crippen LogP contribution in [0, 0.1) is 0 Å². The predicted octanol–water partition coefficient (Wildman–Crippen LogP) is 7.67. The molecule has 0 amide bonds. The van der Waals surface area contributed by atoms with Crippen molar-refractivity contribution in [2.45, 2.75) is 160 Å². The Balaban J connectivity index is 0.00000760. The first-order valence-electron chi connectivity index (χ1n) is 16.0. The number of benzene rings is 2. The maximum atomic E-state index is 11.9. The molecule has 0 aromatic heterocycles. The molecule has 0 heterocycles. The van der Waals surface area contributed by atoms with Gasteiger partial charge >= 0.3 is 51.4 Å². The van der Waals surface area contributed by atoms with Crippen LogP contribution in [0.2, 0.25) is 0 Å². The molecule has 3 nitrogen and oxygen atoms in total. The Morgan fingerprint density at radius 2 is 0.974 bits per heavy atom. The summed E-state index contributed by atoms with van der Waals surface area (Å²) < 4.78 is 35.7. The zero-order valence-corrected chi connectivity index (χ0v) is 29.5. The molecule has 0 aliphatic carbocycles. The molecule has 5 heteroatoms. The van der Waals surface area contributed by atoms with Crippen LogP contribution in [0.3, 0.4) is 0 Å². The van der Waals surface area contributed by atoms with Crippen LogP contribution in [0.5, 0.6) is 0 Å². The van der Waals surface area contributed by atoms with E-state index in [1.165, 1.54) is 133 Å². The Kier molecular flexibility index (Phi) is 21.8. The van der Waals surface area contributed by atoms with Crippen LogP contribution in [-0.2, 0) is 23.0 Å². The van der Waals surface area contributed by atoms with E-state index in [0.717, 1.165) is 31.1 Å². The summed E-state index contributed by atoms with van der Waals surface area (Å²) in [6, 6.07) is 9.45. The van der Waals surface area contributed by atoms with Gasteiger partial charge < -0.3 is 4.55 Å². The molecule has 0 saturated carbocycles. The van der Waals surface area contributed by atoms with E-state index >= 15 is 0 Å². The van der Waals surface area contributed by atoms with Gasteiger partial charge in [-0.15, -0.1) is 0 Å². The van der Waals surface area contributed by atoms with Crippen molar-refractivity contribution in [3.63, 3.8) is 0 Å². The molecule has 0 N–H and O–H groups in total. The van der Waals surface area contributed by atoms with Crippen molar-refractivity contribution in [1.82, 2.24) is 0 Å². The van der Waals surface area contributed by atoms with E-state index < -0.39 is 10.1 Å². The summed E-state index contributed by atoms with van der Waals surface area (Å²) >= 11 is 0. The van der Waals surface area contributed by atoms with Crippen LogP contribution in [0.4, 0.5) is 0 Å². The number of hydrogen-bond acceptors (Lipinski definition) is 3. The summed E-state index contributed by atoms with van der Waals surface area (Å²) in [6.07, 6.45) is 28.2. The van der Waals surface area contributed by atoms with Crippen LogP contribution in [-0.4, -0.2) is 13.0 Å². The van der Waals surface area contributed by atoms with E-state index in [1.54, 1.807) is 0 Å². The predicted molar refractivity (Wildman–Crippen MR) is 163 cm³/mol. The van der Waals surface area contributed by atoms with Crippen molar-refractivity contribution in [3.05, 3.63) is 41.5 Å². The smallest absolute Gasteiger partial charge is 0.744 e. The van der Waals surface area contributed by atoms with Gasteiger partial charge in [-0.25, -0.2) is 8.42 Å². The summed E-state index contributed by atoms with van der Waals surface area (Å²) in [5.74, 6) is 0. The van der Waals surface area contributed by atoms with Crippen molar-refractivity contribution in [1.29, 1.82) is 0 Å². The third-order valence-corrected chi connectivity index (χ3v) is 8.91. The van der Waals surface area contributed by atoms with Gasteiger partial charge in [0, 0.05) is 0 Å². The summed E-state index contributed by atoms with van der Waals surface area (Å²) in [5, 5.41) is 1.55. The molecule has 0 radical (unpaired) electrons. The topological polar surface area (TPSA) is 57.2 Å². The third kappa shape index (κ3) is 15.9. The molecule has 2 rings (SSSR count). The molecule has 2 aromatic rings. The van der Waals surface area contributed by atoms with Crippen LogP contribution >= 0.6 is 0 Å². The number of rotatable bonds is 23. The maximum Gasteiger partial charge on any atom is 1.00 e. The molecule has 0 aliphatic rings. The number of aryl methyl sites for hydroxylation is 2. The van der Waals surface area contributed by atoms with E-state index in [2.05, 4.69) is 19.9 Å². The Hall–Kier alpha value is 0.246. The van der Waals surface area contributed by atoms with Gasteiger partial charge in [-0.3, -0.25) is 0 Å². The number of unbranched alkanes of at least 4 members (excludes halogenated alkanes) is 18. The molecule has 2 aromatic carbocycles. The summed E-state index contributed by atoms with van der Waals surface area (Å²) in [5.41, 5.74) is 2.43. The first-order valence-corrected chi connectivity index (χ1v) is 17.4. The van der Waals surface area contributed by atoms with Crippen molar-refractivity contribution in [3.8, 4) is 0 Å². The minimum Gasteiger partial charge on any atom is -0.744 e. The fourth-order valence-corrected chi connectivity index (χ4v) is 6.32. The van der Waals surface area contributed by atoms with Crippen LogP contribution in [0.15, 0.2) is 35.2 Å². The third-order valence-electron chi connectivity index (χ3n) is 8.02. The average Bonchev–Trinajstić information content (AvgIpc) is 2.90.